The summed E-state index contributed by atoms with van der Waals surface area (Å²) in [6.45, 7) is 13.3. The molecule has 0 aromatic rings. The van der Waals surface area contributed by atoms with Gasteiger partial charge in [0.15, 0.2) is 0 Å². The fraction of sp³-hybridized carbons (Fsp3) is 0.842. The van der Waals surface area contributed by atoms with E-state index in [0.29, 0.717) is 0 Å². The van der Waals surface area contributed by atoms with Crippen molar-refractivity contribution >= 4 is 22.3 Å². The summed E-state index contributed by atoms with van der Waals surface area (Å²) in [4.78, 5) is 21.9. The Balaban J connectivity index is -0.00000312. The molecule has 0 saturated carbocycles. The maximum Gasteiger partial charge on any atom is 1.00 e. The van der Waals surface area contributed by atoms with Crippen molar-refractivity contribution in [1.29, 1.82) is 0 Å². The minimum atomic E-state index is -3.48. The van der Waals surface area contributed by atoms with Crippen LogP contribution >= 0.6 is 0 Å². The maximum atomic E-state index is 12.2. The Hall–Kier alpha value is 0.01000. The molecule has 28 heavy (non-hydrogen) atoms. The van der Waals surface area contributed by atoms with Crippen LogP contribution in [0.1, 0.15) is 61.3 Å². The van der Waals surface area contributed by atoms with Gasteiger partial charge in [-0.15, -0.1) is 6.42 Å². The molecule has 0 rings (SSSR count). The molecule has 0 aromatic heterocycles. The first kappa shape index (κ1) is 32.7. The van der Waals surface area contributed by atoms with E-state index in [9.17, 15) is 18.0 Å². The Morgan fingerprint density at radius 2 is 1.64 bits per heavy atom. The van der Waals surface area contributed by atoms with Gasteiger partial charge >= 0.3 is 35.5 Å². The first-order chi connectivity index (χ1) is 11.6. The quantitative estimate of drug-likeness (QED) is 0.270. The second kappa shape index (κ2) is 13.3. The molecule has 0 aliphatic rings. The van der Waals surface area contributed by atoms with Crippen molar-refractivity contribution in [3.05, 3.63) is 7.43 Å². The zero-order valence-corrected chi connectivity index (χ0v) is 22.1. The number of carbonyl (C=O) groups is 1. The molecule has 0 aromatic carbocycles. The molecule has 0 saturated heterocycles. The van der Waals surface area contributed by atoms with Gasteiger partial charge in [-0.25, -0.2) is 8.42 Å². The normalized spacial score (nSPS) is 14.5. The molecule has 0 unspecified atom stereocenters. The van der Waals surface area contributed by atoms with Gasteiger partial charge in [0.1, 0.15) is 12.7 Å². The van der Waals surface area contributed by atoms with Gasteiger partial charge in [0, 0.05) is 18.5 Å². The molecule has 0 heterocycles. The van der Waals surface area contributed by atoms with Crippen molar-refractivity contribution < 1.29 is 57.0 Å². The maximum absolute atomic E-state index is 12.2. The van der Waals surface area contributed by atoms with Crippen molar-refractivity contribution in [2.75, 3.05) is 19.4 Å². The first-order valence-electron chi connectivity index (χ1n) is 8.73. The standard InChI is InChI=1S/C18H34NO6S.CH3.Na/c1-14(17(2,3)4)25-15(13-24-16(21)10-9-11-20)12-19(18(5,6)7)26(8,22)23;;/h14-15H,9-10,12-13H2,1-8H3;1H3;/q2*-1;+1/t14-,15-;;/m0../s1. The van der Waals surface area contributed by atoms with Gasteiger partial charge in [0.25, 0.3) is 0 Å². The van der Waals surface area contributed by atoms with Crippen molar-refractivity contribution in [1.82, 2.24) is 4.31 Å². The van der Waals surface area contributed by atoms with E-state index < -0.39 is 27.6 Å². The van der Waals surface area contributed by atoms with Gasteiger partial charge in [-0.3, -0.25) is 11.1 Å². The predicted molar refractivity (Wildman–Crippen MR) is 107 cm³/mol. The zero-order valence-electron chi connectivity index (χ0n) is 19.3. The smallest absolute Gasteiger partial charge is 0.542 e. The van der Waals surface area contributed by atoms with Crippen molar-refractivity contribution in [3.63, 3.8) is 0 Å². The molecule has 0 amide bonds. The Kier molecular flexibility index (Phi) is 15.6. The van der Waals surface area contributed by atoms with E-state index in [0.717, 1.165) is 6.26 Å². The van der Waals surface area contributed by atoms with E-state index in [1.807, 2.05) is 27.7 Å². The summed E-state index contributed by atoms with van der Waals surface area (Å²) >= 11 is 0. The third-order valence-electron chi connectivity index (χ3n) is 4.00. The summed E-state index contributed by atoms with van der Waals surface area (Å²) in [6.07, 6.45) is 1.90. The van der Waals surface area contributed by atoms with Crippen LogP contribution in [-0.2, 0) is 29.1 Å². The Labute approximate surface area is 194 Å². The monoisotopic (exact) mass is 430 g/mol. The summed E-state index contributed by atoms with van der Waals surface area (Å²) in [7, 11) is -3.48. The average Bonchev–Trinajstić information content (AvgIpc) is 2.43. The number of sulfonamides is 1. The Morgan fingerprint density at radius 1 is 1.14 bits per heavy atom. The van der Waals surface area contributed by atoms with Crippen LogP contribution in [0.5, 0.6) is 0 Å². The summed E-state index contributed by atoms with van der Waals surface area (Å²) in [5, 5.41) is 0. The van der Waals surface area contributed by atoms with Crippen LogP contribution in [0, 0.1) is 12.8 Å². The van der Waals surface area contributed by atoms with Crippen LogP contribution in [0.3, 0.4) is 0 Å². The van der Waals surface area contributed by atoms with Crippen molar-refractivity contribution in [2.24, 2.45) is 5.41 Å². The number of carbonyl (C=O) groups excluding carboxylic acids is 2. The van der Waals surface area contributed by atoms with Crippen LogP contribution in [-0.4, -0.2) is 62.1 Å². The van der Waals surface area contributed by atoms with Gasteiger partial charge in [0.05, 0.1) is 12.4 Å². The molecule has 0 fully saturated rings. The molecule has 162 valence electrons. The van der Waals surface area contributed by atoms with Crippen LogP contribution in [0.4, 0.5) is 0 Å². The number of hydrogen-bond acceptors (Lipinski definition) is 6. The van der Waals surface area contributed by atoms with E-state index in [2.05, 4.69) is 0 Å². The van der Waals surface area contributed by atoms with E-state index in [4.69, 9.17) is 9.47 Å². The van der Waals surface area contributed by atoms with Crippen molar-refractivity contribution in [2.45, 2.75) is 79.1 Å². The molecular weight excluding hydrogens is 393 g/mol. The minimum Gasteiger partial charge on any atom is -0.542 e. The van der Waals surface area contributed by atoms with Crippen LogP contribution in [0.25, 0.3) is 0 Å². The number of ether oxygens (including phenoxy) is 2. The summed E-state index contributed by atoms with van der Waals surface area (Å²) in [5.74, 6) is -0.535. The van der Waals surface area contributed by atoms with Gasteiger partial charge in [-0.2, -0.15) is 4.31 Å². The molecule has 0 spiro atoms. The number of hydrogen-bond donors (Lipinski definition) is 0. The number of nitrogens with zero attached hydrogens (tertiary/aromatic N) is 1. The second-order valence-electron chi connectivity index (χ2n) is 8.56. The van der Waals surface area contributed by atoms with E-state index in [-0.39, 0.29) is 74.5 Å². The minimum absolute atomic E-state index is 0. The van der Waals surface area contributed by atoms with Gasteiger partial charge < -0.3 is 21.7 Å². The number of rotatable bonds is 10. The first-order valence-corrected chi connectivity index (χ1v) is 10.6. The average molecular weight is 431 g/mol. The summed E-state index contributed by atoms with van der Waals surface area (Å²) in [6, 6.07) is 0. The molecule has 0 N–H and O–H groups in total. The molecule has 9 heteroatoms. The largest absolute Gasteiger partial charge is 1.00 e. The molecule has 0 aliphatic heterocycles. The fourth-order valence-corrected chi connectivity index (χ4v) is 3.56. The molecular formula is C19H37NNaO6S-. The summed E-state index contributed by atoms with van der Waals surface area (Å²) < 4.78 is 36.9. The molecule has 0 aliphatic carbocycles. The van der Waals surface area contributed by atoms with Crippen molar-refractivity contribution in [3.8, 4) is 0 Å². The fourth-order valence-electron chi connectivity index (χ4n) is 2.13. The predicted octanol–water partition coefficient (Wildman–Crippen LogP) is -0.246. The van der Waals surface area contributed by atoms with E-state index in [1.54, 1.807) is 27.1 Å². The molecule has 0 radical (unpaired) electrons. The van der Waals surface area contributed by atoms with Gasteiger partial charge in [-0.1, -0.05) is 20.8 Å². The summed E-state index contributed by atoms with van der Waals surface area (Å²) in [5.41, 5.74) is -0.803. The second-order valence-corrected chi connectivity index (χ2v) is 10.5. The van der Waals surface area contributed by atoms with E-state index in [1.165, 1.54) is 4.31 Å². The van der Waals surface area contributed by atoms with Gasteiger partial charge in [0.2, 0.25) is 10.0 Å². The van der Waals surface area contributed by atoms with Crippen LogP contribution in [0.2, 0.25) is 0 Å². The molecule has 7 nitrogen and oxygen atoms in total. The third-order valence-corrected chi connectivity index (χ3v) is 5.49. The Morgan fingerprint density at radius 3 is 2.00 bits per heavy atom. The van der Waals surface area contributed by atoms with Crippen LogP contribution < -0.4 is 29.6 Å². The Bertz CT molecular complexity index is 566. The molecule has 2 atom stereocenters. The number of esters is 1. The SMILES string of the molecule is C[C@H](O[C@H](COC(=O)CC[C-]=O)CN(C(C)(C)C)S(C)(=O)=O)C(C)(C)C.[CH3-].[Na+]. The zero-order chi connectivity index (χ0) is 20.8. The van der Waals surface area contributed by atoms with E-state index >= 15 is 0 Å². The molecule has 0 bridgehead atoms. The van der Waals surface area contributed by atoms with Crippen LogP contribution in [0.15, 0.2) is 0 Å². The third kappa shape index (κ3) is 13.3. The van der Waals surface area contributed by atoms with Gasteiger partial charge in [-0.05, 0) is 33.1 Å². The topological polar surface area (TPSA) is 90.0 Å².